The Morgan fingerprint density at radius 1 is 1.03 bits per heavy atom. The predicted molar refractivity (Wildman–Crippen MR) is 129 cm³/mol. The fraction of sp³-hybridized carbons (Fsp3) is 0.200. The zero-order chi connectivity index (χ0) is 22.9. The highest BCUT2D eigenvalue weighted by atomic mass is 32.1. The number of fused-ring (bicyclic) bond motifs is 2. The number of azo groups is 1. The van der Waals surface area contributed by atoms with E-state index in [1.54, 1.807) is 35.9 Å². The van der Waals surface area contributed by atoms with Gasteiger partial charge in [0, 0.05) is 22.9 Å². The third-order valence-corrected chi connectivity index (χ3v) is 7.15. The molecule has 0 fully saturated rings. The standard InChI is InChI=1S/C25H22N4O3S/c1-29-18-13-7-5-11-16(18)21(25(29)32)27-28-23(31)20-17-12-6-8-14-19(17)33-24(20)26-22(30)15-9-3-2-4-10-15/h2-5,7,9-11,13,32H,6,8,12,14H2,1H3,(H,26,30). The Bertz CT molecular complexity index is 1400. The van der Waals surface area contributed by atoms with Gasteiger partial charge in [-0.05, 0) is 49.4 Å². The molecule has 2 heterocycles. The van der Waals surface area contributed by atoms with E-state index >= 15 is 0 Å². The maximum Gasteiger partial charge on any atom is 0.298 e. The zero-order valence-corrected chi connectivity index (χ0v) is 18.9. The molecule has 0 aliphatic heterocycles. The van der Waals surface area contributed by atoms with Crippen LogP contribution in [-0.2, 0) is 19.9 Å². The minimum atomic E-state index is -0.523. The van der Waals surface area contributed by atoms with Gasteiger partial charge in [-0.2, -0.15) is 0 Å². The summed E-state index contributed by atoms with van der Waals surface area (Å²) < 4.78 is 1.60. The lowest BCUT2D eigenvalue weighted by atomic mass is 9.95. The zero-order valence-electron chi connectivity index (χ0n) is 18.0. The summed E-state index contributed by atoms with van der Waals surface area (Å²) in [6.07, 6.45) is 3.68. The molecule has 1 aliphatic carbocycles. The topological polar surface area (TPSA) is 96.0 Å². The first-order valence-corrected chi connectivity index (χ1v) is 11.6. The Labute approximate surface area is 194 Å². The molecule has 33 heavy (non-hydrogen) atoms. The van der Waals surface area contributed by atoms with Gasteiger partial charge in [0.2, 0.25) is 5.88 Å². The van der Waals surface area contributed by atoms with Crippen LogP contribution in [0.15, 0.2) is 64.8 Å². The molecule has 0 saturated carbocycles. The molecule has 0 bridgehead atoms. The van der Waals surface area contributed by atoms with Crippen molar-refractivity contribution in [2.45, 2.75) is 25.7 Å². The summed E-state index contributed by atoms with van der Waals surface area (Å²) in [5.41, 5.74) is 2.91. The lowest BCUT2D eigenvalue weighted by molar-refractivity contribution is 0.0995. The molecule has 5 rings (SSSR count). The average molecular weight is 459 g/mol. The summed E-state index contributed by atoms with van der Waals surface area (Å²) in [6, 6.07) is 16.3. The minimum absolute atomic E-state index is 0.0577. The molecule has 7 nitrogen and oxygen atoms in total. The molecule has 8 heteroatoms. The molecular formula is C25H22N4O3S. The number of benzene rings is 2. The highest BCUT2D eigenvalue weighted by Gasteiger charge is 2.27. The summed E-state index contributed by atoms with van der Waals surface area (Å²) in [4.78, 5) is 27.1. The van der Waals surface area contributed by atoms with Gasteiger partial charge in [0.15, 0.2) is 5.69 Å². The molecule has 1 aliphatic rings. The average Bonchev–Trinajstić information content (AvgIpc) is 3.33. The number of para-hydroxylation sites is 1. The second kappa shape index (κ2) is 8.63. The van der Waals surface area contributed by atoms with Crippen LogP contribution in [-0.4, -0.2) is 21.5 Å². The Kier molecular flexibility index (Phi) is 5.51. The van der Waals surface area contributed by atoms with E-state index in [1.165, 1.54) is 11.3 Å². The molecule has 0 spiro atoms. The lowest BCUT2D eigenvalue weighted by Gasteiger charge is -2.11. The number of aromatic nitrogens is 1. The van der Waals surface area contributed by atoms with Crippen molar-refractivity contribution in [2.75, 3.05) is 5.32 Å². The molecule has 0 atom stereocenters. The number of nitrogens with zero attached hydrogens (tertiary/aromatic N) is 3. The van der Waals surface area contributed by atoms with Gasteiger partial charge in [-0.3, -0.25) is 9.59 Å². The largest absolute Gasteiger partial charge is 0.493 e. The van der Waals surface area contributed by atoms with Crippen molar-refractivity contribution >= 4 is 44.7 Å². The summed E-state index contributed by atoms with van der Waals surface area (Å²) >= 11 is 1.44. The molecule has 2 N–H and O–H groups in total. The van der Waals surface area contributed by atoms with E-state index in [9.17, 15) is 14.7 Å². The molecule has 2 aromatic carbocycles. The SMILES string of the molecule is Cn1c(O)c(N=NC(=O)c2c(NC(=O)c3ccccc3)sc3c2CCCC3)c2ccccc21. The molecule has 2 amide bonds. The fourth-order valence-corrected chi connectivity index (χ4v) is 5.53. The number of aromatic hydroxyl groups is 1. The van der Waals surface area contributed by atoms with E-state index in [4.69, 9.17) is 0 Å². The van der Waals surface area contributed by atoms with Gasteiger partial charge in [-0.1, -0.05) is 36.4 Å². The molecule has 4 aromatic rings. The van der Waals surface area contributed by atoms with Crippen molar-refractivity contribution in [1.29, 1.82) is 0 Å². The van der Waals surface area contributed by atoms with E-state index in [0.29, 0.717) is 21.5 Å². The number of thiophene rings is 1. The minimum Gasteiger partial charge on any atom is -0.493 e. The first-order chi connectivity index (χ1) is 16.0. The number of amides is 2. The van der Waals surface area contributed by atoms with Crippen molar-refractivity contribution in [3.05, 3.63) is 76.2 Å². The van der Waals surface area contributed by atoms with Crippen molar-refractivity contribution in [1.82, 2.24) is 4.57 Å². The van der Waals surface area contributed by atoms with Gasteiger partial charge >= 0.3 is 0 Å². The fourth-order valence-electron chi connectivity index (χ4n) is 4.25. The first kappa shape index (κ1) is 21.1. The molecule has 0 radical (unpaired) electrons. The lowest BCUT2D eigenvalue weighted by Crippen LogP contribution is -2.13. The van der Waals surface area contributed by atoms with Gasteiger partial charge < -0.3 is 15.0 Å². The summed E-state index contributed by atoms with van der Waals surface area (Å²) in [5, 5.41) is 22.7. The summed E-state index contributed by atoms with van der Waals surface area (Å²) in [7, 11) is 1.73. The molecular weight excluding hydrogens is 436 g/mol. The molecule has 0 saturated heterocycles. The Balaban J connectivity index is 1.51. The Morgan fingerprint density at radius 3 is 2.58 bits per heavy atom. The number of nitrogens with one attached hydrogen (secondary N) is 1. The van der Waals surface area contributed by atoms with E-state index in [1.807, 2.05) is 30.3 Å². The number of carbonyl (C=O) groups is 2. The number of anilines is 1. The number of rotatable bonds is 4. The van der Waals surface area contributed by atoms with Gasteiger partial charge in [-0.15, -0.1) is 21.6 Å². The number of carbonyl (C=O) groups excluding carboxylic acids is 2. The van der Waals surface area contributed by atoms with Gasteiger partial charge in [-0.25, -0.2) is 0 Å². The van der Waals surface area contributed by atoms with Crippen LogP contribution in [0.4, 0.5) is 10.7 Å². The Morgan fingerprint density at radius 2 is 1.76 bits per heavy atom. The van der Waals surface area contributed by atoms with Gasteiger partial charge in [0.05, 0.1) is 11.1 Å². The maximum absolute atomic E-state index is 13.3. The first-order valence-electron chi connectivity index (χ1n) is 10.8. The van der Waals surface area contributed by atoms with Crippen LogP contribution < -0.4 is 5.32 Å². The van der Waals surface area contributed by atoms with E-state index in [-0.39, 0.29) is 17.5 Å². The van der Waals surface area contributed by atoms with Crippen LogP contribution in [0.25, 0.3) is 10.9 Å². The van der Waals surface area contributed by atoms with E-state index in [2.05, 4.69) is 15.5 Å². The smallest absolute Gasteiger partial charge is 0.298 e. The van der Waals surface area contributed by atoms with Crippen LogP contribution in [0, 0.1) is 0 Å². The highest BCUT2D eigenvalue weighted by Crippen LogP contribution is 2.40. The number of aryl methyl sites for hydroxylation is 2. The second-order valence-corrected chi connectivity index (χ2v) is 9.09. The third-order valence-electron chi connectivity index (χ3n) is 5.94. The second-order valence-electron chi connectivity index (χ2n) is 7.99. The van der Waals surface area contributed by atoms with Crippen LogP contribution in [0.3, 0.4) is 0 Å². The molecule has 0 unspecified atom stereocenters. The summed E-state index contributed by atoms with van der Waals surface area (Å²) in [6.45, 7) is 0. The predicted octanol–water partition coefficient (Wildman–Crippen LogP) is 6.00. The summed E-state index contributed by atoms with van der Waals surface area (Å²) in [5.74, 6) is -0.852. The normalized spacial score (nSPS) is 13.4. The van der Waals surface area contributed by atoms with Crippen LogP contribution in [0.1, 0.15) is 44.0 Å². The van der Waals surface area contributed by atoms with E-state index < -0.39 is 5.91 Å². The van der Waals surface area contributed by atoms with Crippen molar-refractivity contribution < 1.29 is 14.7 Å². The molecule has 2 aromatic heterocycles. The van der Waals surface area contributed by atoms with Gasteiger partial charge in [0.25, 0.3) is 11.8 Å². The number of hydrogen-bond donors (Lipinski definition) is 2. The quantitative estimate of drug-likeness (QED) is 0.367. The van der Waals surface area contributed by atoms with Gasteiger partial charge in [0.1, 0.15) is 5.00 Å². The number of hydrogen-bond acceptors (Lipinski definition) is 5. The van der Waals surface area contributed by atoms with Crippen LogP contribution in [0.2, 0.25) is 0 Å². The third kappa shape index (κ3) is 3.82. The van der Waals surface area contributed by atoms with Crippen molar-refractivity contribution in [2.24, 2.45) is 17.3 Å². The van der Waals surface area contributed by atoms with Crippen LogP contribution in [0.5, 0.6) is 5.88 Å². The van der Waals surface area contributed by atoms with Crippen LogP contribution >= 0.6 is 11.3 Å². The Hall–Kier alpha value is -3.78. The maximum atomic E-state index is 13.3. The monoisotopic (exact) mass is 458 g/mol. The van der Waals surface area contributed by atoms with E-state index in [0.717, 1.165) is 41.6 Å². The highest BCUT2D eigenvalue weighted by molar-refractivity contribution is 7.17. The molecule has 166 valence electrons. The van der Waals surface area contributed by atoms with Crippen molar-refractivity contribution in [3.63, 3.8) is 0 Å². The van der Waals surface area contributed by atoms with Crippen molar-refractivity contribution in [3.8, 4) is 5.88 Å².